The van der Waals surface area contributed by atoms with E-state index in [1.807, 2.05) is 0 Å². The fraction of sp³-hybridized carbons (Fsp3) is 0.750. The molecule has 0 spiro atoms. The van der Waals surface area contributed by atoms with E-state index in [1.54, 1.807) is 4.90 Å². The van der Waals surface area contributed by atoms with Gasteiger partial charge >= 0.3 is 0 Å². The van der Waals surface area contributed by atoms with E-state index < -0.39 is 0 Å². The molecule has 1 saturated heterocycles. The first kappa shape index (κ1) is 8.24. The Kier molecular flexibility index (Phi) is 1.98. The fourth-order valence-corrected chi connectivity index (χ4v) is 1.60. The first-order chi connectivity index (χ1) is 5.09. The van der Waals surface area contributed by atoms with Gasteiger partial charge in [0.1, 0.15) is 6.29 Å². The summed E-state index contributed by atoms with van der Waals surface area (Å²) >= 11 is 0. The summed E-state index contributed by atoms with van der Waals surface area (Å²) in [7, 11) is 0. The predicted octanol–water partition coefficient (Wildman–Crippen LogP) is 0.442. The van der Waals surface area contributed by atoms with Gasteiger partial charge < -0.3 is 9.69 Å². The Morgan fingerprint density at radius 2 is 2.09 bits per heavy atom. The second-order valence-corrected chi connectivity index (χ2v) is 3.85. The van der Waals surface area contributed by atoms with Gasteiger partial charge in [-0.25, -0.2) is 0 Å². The molecule has 1 atom stereocenters. The molecular weight excluding hydrogens is 142 g/mol. The van der Waals surface area contributed by atoms with Crippen molar-refractivity contribution in [2.45, 2.75) is 26.3 Å². The summed E-state index contributed by atoms with van der Waals surface area (Å²) < 4.78 is 0. The molecule has 1 amide bonds. The van der Waals surface area contributed by atoms with Gasteiger partial charge in [0, 0.05) is 6.54 Å². The van der Waals surface area contributed by atoms with Crippen LogP contribution in [0.15, 0.2) is 0 Å². The molecule has 3 nitrogen and oxygen atoms in total. The Morgan fingerprint density at radius 1 is 1.45 bits per heavy atom. The van der Waals surface area contributed by atoms with Gasteiger partial charge in [0.25, 0.3) is 0 Å². The molecule has 0 N–H and O–H groups in total. The van der Waals surface area contributed by atoms with Gasteiger partial charge in [0.05, 0.1) is 6.04 Å². The van der Waals surface area contributed by atoms with Crippen LogP contribution in [-0.4, -0.2) is 30.2 Å². The number of carbonyl (C=O) groups excluding carboxylic acids is 2. The zero-order chi connectivity index (χ0) is 8.48. The van der Waals surface area contributed by atoms with Crippen molar-refractivity contribution in [3.8, 4) is 0 Å². The van der Waals surface area contributed by atoms with E-state index in [0.29, 0.717) is 6.54 Å². The second kappa shape index (κ2) is 2.64. The minimum atomic E-state index is -0.192. The van der Waals surface area contributed by atoms with E-state index in [9.17, 15) is 9.59 Å². The van der Waals surface area contributed by atoms with Gasteiger partial charge in [-0.2, -0.15) is 0 Å². The first-order valence-electron chi connectivity index (χ1n) is 3.75. The van der Waals surface area contributed by atoms with Crippen molar-refractivity contribution in [3.05, 3.63) is 0 Å². The van der Waals surface area contributed by atoms with Crippen LogP contribution in [0.4, 0.5) is 0 Å². The number of carbonyl (C=O) groups is 2. The fourth-order valence-electron chi connectivity index (χ4n) is 1.60. The van der Waals surface area contributed by atoms with Gasteiger partial charge in [-0.15, -0.1) is 0 Å². The molecule has 0 aromatic rings. The third kappa shape index (κ3) is 1.59. The lowest BCUT2D eigenvalue weighted by Gasteiger charge is -2.15. The van der Waals surface area contributed by atoms with Gasteiger partial charge in [-0.3, -0.25) is 4.79 Å². The van der Waals surface area contributed by atoms with E-state index >= 15 is 0 Å². The number of aldehydes is 1. The summed E-state index contributed by atoms with van der Waals surface area (Å²) in [6, 6.07) is -0.192. The standard InChI is InChI=1S/C8H13NO2/c1-8(2)3-7(4-10)9(5-8)6-11/h4,6-7H,3,5H2,1-2H3/t7-/m0/s1. The lowest BCUT2D eigenvalue weighted by atomic mass is 9.91. The highest BCUT2D eigenvalue weighted by Crippen LogP contribution is 2.31. The van der Waals surface area contributed by atoms with Crippen molar-refractivity contribution in [3.63, 3.8) is 0 Å². The molecule has 1 aliphatic rings. The minimum Gasteiger partial charge on any atom is -0.335 e. The van der Waals surface area contributed by atoms with Crippen LogP contribution in [0.3, 0.4) is 0 Å². The molecule has 0 radical (unpaired) electrons. The van der Waals surface area contributed by atoms with E-state index in [0.717, 1.165) is 19.1 Å². The molecule has 11 heavy (non-hydrogen) atoms. The molecule has 0 unspecified atom stereocenters. The maximum atomic E-state index is 10.5. The highest BCUT2D eigenvalue weighted by molar-refractivity contribution is 5.65. The van der Waals surface area contributed by atoms with Crippen molar-refractivity contribution >= 4 is 12.7 Å². The van der Waals surface area contributed by atoms with Crippen LogP contribution in [0.5, 0.6) is 0 Å². The Balaban J connectivity index is 2.69. The largest absolute Gasteiger partial charge is 0.335 e. The van der Waals surface area contributed by atoms with Gasteiger partial charge in [-0.1, -0.05) is 13.8 Å². The molecular formula is C8H13NO2. The average molecular weight is 155 g/mol. The zero-order valence-electron chi connectivity index (χ0n) is 6.91. The number of hydrogen-bond donors (Lipinski definition) is 0. The van der Waals surface area contributed by atoms with Crippen molar-refractivity contribution in [2.24, 2.45) is 5.41 Å². The third-order valence-electron chi connectivity index (χ3n) is 2.09. The van der Waals surface area contributed by atoms with Crippen molar-refractivity contribution in [1.29, 1.82) is 0 Å². The number of nitrogens with zero attached hydrogens (tertiary/aromatic N) is 1. The maximum Gasteiger partial charge on any atom is 0.210 e. The smallest absolute Gasteiger partial charge is 0.210 e. The highest BCUT2D eigenvalue weighted by Gasteiger charge is 2.36. The van der Waals surface area contributed by atoms with E-state index in [2.05, 4.69) is 13.8 Å². The highest BCUT2D eigenvalue weighted by atomic mass is 16.1. The average Bonchev–Trinajstić information content (AvgIpc) is 2.25. The van der Waals surface area contributed by atoms with Crippen molar-refractivity contribution in [2.75, 3.05) is 6.54 Å². The lowest BCUT2D eigenvalue weighted by Crippen LogP contribution is -2.29. The number of likely N-dealkylation sites (tertiary alicyclic amines) is 1. The molecule has 1 fully saturated rings. The quantitative estimate of drug-likeness (QED) is 0.543. The second-order valence-electron chi connectivity index (χ2n) is 3.85. The summed E-state index contributed by atoms with van der Waals surface area (Å²) in [6.45, 7) is 4.82. The van der Waals surface area contributed by atoms with Crippen LogP contribution in [0.25, 0.3) is 0 Å². The summed E-state index contributed by atoms with van der Waals surface area (Å²) in [4.78, 5) is 22.5. The van der Waals surface area contributed by atoms with Gasteiger partial charge in [-0.05, 0) is 11.8 Å². The van der Waals surface area contributed by atoms with E-state index in [-0.39, 0.29) is 11.5 Å². The topological polar surface area (TPSA) is 37.4 Å². The van der Waals surface area contributed by atoms with Crippen LogP contribution in [0.2, 0.25) is 0 Å². The van der Waals surface area contributed by atoms with Gasteiger partial charge in [0.15, 0.2) is 0 Å². The number of hydrogen-bond acceptors (Lipinski definition) is 2. The van der Waals surface area contributed by atoms with Crippen LogP contribution in [-0.2, 0) is 9.59 Å². The molecule has 0 saturated carbocycles. The van der Waals surface area contributed by atoms with Crippen LogP contribution >= 0.6 is 0 Å². The molecule has 62 valence electrons. The monoisotopic (exact) mass is 155 g/mol. The summed E-state index contributed by atoms with van der Waals surface area (Å²) in [5.41, 5.74) is 0.104. The molecule has 3 heteroatoms. The Hall–Kier alpha value is -0.860. The molecule has 0 aromatic carbocycles. The molecule has 1 aliphatic heterocycles. The maximum absolute atomic E-state index is 10.5. The van der Waals surface area contributed by atoms with Gasteiger partial charge in [0.2, 0.25) is 6.41 Å². The Labute approximate surface area is 66.4 Å². The normalized spacial score (nSPS) is 28.5. The summed E-state index contributed by atoms with van der Waals surface area (Å²) in [5, 5.41) is 0. The van der Waals surface area contributed by atoms with Crippen LogP contribution in [0.1, 0.15) is 20.3 Å². The Bertz CT molecular complexity index is 159. The van der Waals surface area contributed by atoms with Crippen LogP contribution in [0, 0.1) is 5.41 Å². The molecule has 1 rings (SSSR count). The summed E-state index contributed by atoms with van der Waals surface area (Å²) in [5.74, 6) is 0. The minimum absolute atomic E-state index is 0.104. The lowest BCUT2D eigenvalue weighted by molar-refractivity contribution is -0.123. The number of rotatable bonds is 2. The zero-order valence-corrected chi connectivity index (χ0v) is 6.91. The molecule has 0 aromatic heterocycles. The van der Waals surface area contributed by atoms with Crippen LogP contribution < -0.4 is 0 Å². The molecule has 0 aliphatic carbocycles. The van der Waals surface area contributed by atoms with E-state index in [4.69, 9.17) is 0 Å². The van der Waals surface area contributed by atoms with Crippen molar-refractivity contribution in [1.82, 2.24) is 4.90 Å². The molecule has 1 heterocycles. The predicted molar refractivity (Wildman–Crippen MR) is 41.0 cm³/mol. The van der Waals surface area contributed by atoms with Crippen molar-refractivity contribution < 1.29 is 9.59 Å². The molecule has 0 bridgehead atoms. The SMILES string of the molecule is CC1(C)C[C@@H](C=O)N(C=O)C1. The third-order valence-corrected chi connectivity index (χ3v) is 2.09. The van der Waals surface area contributed by atoms with E-state index in [1.165, 1.54) is 0 Å². The number of amides is 1. The first-order valence-corrected chi connectivity index (χ1v) is 3.75. The summed E-state index contributed by atoms with van der Waals surface area (Å²) in [6.07, 6.45) is 2.40. The Morgan fingerprint density at radius 3 is 2.45 bits per heavy atom.